The number of hydrogen-bond acceptors (Lipinski definition) is 3. The SMILES string of the molecule is CC(C)(C)OC(=O)N1C2CCC(NCc3ccccc3)C1CC2. The Morgan fingerprint density at radius 3 is 2.57 bits per heavy atom. The van der Waals surface area contributed by atoms with Gasteiger partial charge >= 0.3 is 6.09 Å². The lowest BCUT2D eigenvalue weighted by molar-refractivity contribution is 0.00267. The first-order valence-electron chi connectivity index (χ1n) is 8.73. The molecule has 2 saturated heterocycles. The molecule has 3 unspecified atom stereocenters. The molecule has 2 aliphatic heterocycles. The number of benzene rings is 1. The van der Waals surface area contributed by atoms with Crippen LogP contribution in [0.4, 0.5) is 4.79 Å². The zero-order valence-corrected chi connectivity index (χ0v) is 14.4. The van der Waals surface area contributed by atoms with Gasteiger partial charge in [0.05, 0.1) is 6.04 Å². The summed E-state index contributed by atoms with van der Waals surface area (Å²) in [6.07, 6.45) is 4.25. The first-order valence-corrected chi connectivity index (χ1v) is 8.73. The van der Waals surface area contributed by atoms with Crippen molar-refractivity contribution >= 4 is 6.09 Å². The Bertz CT molecular complexity index is 538. The van der Waals surface area contributed by atoms with E-state index in [2.05, 4.69) is 29.6 Å². The normalized spacial score (nSPS) is 27.1. The minimum absolute atomic E-state index is 0.142. The summed E-state index contributed by atoms with van der Waals surface area (Å²) in [6, 6.07) is 11.4. The lowest BCUT2D eigenvalue weighted by atomic mass is 9.97. The van der Waals surface area contributed by atoms with E-state index in [1.807, 2.05) is 31.7 Å². The summed E-state index contributed by atoms with van der Waals surface area (Å²) in [5.74, 6) is 0. The average Bonchev–Trinajstić information content (AvgIpc) is 2.81. The van der Waals surface area contributed by atoms with E-state index in [1.165, 1.54) is 5.56 Å². The maximum Gasteiger partial charge on any atom is 0.410 e. The molecule has 2 heterocycles. The van der Waals surface area contributed by atoms with Crippen molar-refractivity contribution in [2.45, 2.75) is 76.7 Å². The number of amides is 1. The molecule has 1 aromatic rings. The largest absolute Gasteiger partial charge is 0.444 e. The van der Waals surface area contributed by atoms with Gasteiger partial charge in [-0.25, -0.2) is 4.79 Å². The minimum atomic E-state index is -0.430. The lowest BCUT2D eigenvalue weighted by Crippen LogP contribution is -2.55. The van der Waals surface area contributed by atoms with Gasteiger partial charge in [-0.1, -0.05) is 30.3 Å². The van der Waals surface area contributed by atoms with Crippen molar-refractivity contribution in [1.29, 1.82) is 0 Å². The Morgan fingerprint density at radius 2 is 1.87 bits per heavy atom. The molecule has 0 aromatic heterocycles. The van der Waals surface area contributed by atoms with Gasteiger partial charge in [-0.2, -0.15) is 0 Å². The van der Waals surface area contributed by atoms with Gasteiger partial charge in [0, 0.05) is 18.6 Å². The smallest absolute Gasteiger partial charge is 0.410 e. The average molecular weight is 316 g/mol. The van der Waals surface area contributed by atoms with Gasteiger partial charge in [-0.3, -0.25) is 0 Å². The molecule has 1 amide bonds. The van der Waals surface area contributed by atoms with Crippen molar-refractivity contribution in [2.75, 3.05) is 0 Å². The van der Waals surface area contributed by atoms with Crippen LogP contribution in [0.2, 0.25) is 0 Å². The van der Waals surface area contributed by atoms with Crippen LogP contribution >= 0.6 is 0 Å². The summed E-state index contributed by atoms with van der Waals surface area (Å²) in [4.78, 5) is 14.6. The van der Waals surface area contributed by atoms with Crippen molar-refractivity contribution in [3.8, 4) is 0 Å². The second-order valence-corrected chi connectivity index (χ2v) is 7.74. The Hall–Kier alpha value is -1.55. The molecule has 126 valence electrons. The van der Waals surface area contributed by atoms with Crippen LogP contribution in [0.3, 0.4) is 0 Å². The summed E-state index contributed by atoms with van der Waals surface area (Å²) >= 11 is 0. The summed E-state index contributed by atoms with van der Waals surface area (Å²) in [6.45, 7) is 6.65. The number of carbonyl (C=O) groups is 1. The number of rotatable bonds is 3. The van der Waals surface area contributed by atoms with Gasteiger partial charge in [0.2, 0.25) is 0 Å². The molecule has 3 atom stereocenters. The third kappa shape index (κ3) is 3.86. The standard InChI is InChI=1S/C19H28N2O2/c1-19(2,3)23-18(22)21-15-9-11-16(17(21)12-10-15)20-13-14-7-5-4-6-8-14/h4-8,15-17,20H,9-13H2,1-3H3. The van der Waals surface area contributed by atoms with Crippen molar-refractivity contribution in [1.82, 2.24) is 10.2 Å². The Balaban J connectivity index is 1.63. The molecule has 4 nitrogen and oxygen atoms in total. The van der Waals surface area contributed by atoms with Crippen LogP contribution in [0.25, 0.3) is 0 Å². The van der Waals surface area contributed by atoms with Crippen LogP contribution in [-0.4, -0.2) is 34.7 Å². The molecular formula is C19H28N2O2. The first kappa shape index (κ1) is 16.3. The summed E-state index contributed by atoms with van der Waals surface area (Å²) < 4.78 is 5.63. The topological polar surface area (TPSA) is 41.6 Å². The zero-order chi connectivity index (χ0) is 16.4. The quantitative estimate of drug-likeness (QED) is 0.924. The highest BCUT2D eigenvalue weighted by atomic mass is 16.6. The Morgan fingerprint density at radius 1 is 1.17 bits per heavy atom. The van der Waals surface area contributed by atoms with E-state index < -0.39 is 5.60 Å². The molecule has 2 bridgehead atoms. The number of carbonyl (C=O) groups excluding carboxylic acids is 1. The van der Waals surface area contributed by atoms with Crippen LogP contribution in [0.15, 0.2) is 30.3 Å². The molecule has 0 spiro atoms. The first-order chi connectivity index (χ1) is 10.9. The van der Waals surface area contributed by atoms with Gasteiger partial charge in [-0.15, -0.1) is 0 Å². The van der Waals surface area contributed by atoms with Crippen LogP contribution in [0.5, 0.6) is 0 Å². The lowest BCUT2D eigenvalue weighted by Gasteiger charge is -2.40. The van der Waals surface area contributed by atoms with Gasteiger partial charge in [-0.05, 0) is 52.0 Å². The highest BCUT2D eigenvalue weighted by Gasteiger charge is 2.46. The second kappa shape index (κ2) is 6.52. The molecule has 23 heavy (non-hydrogen) atoms. The van der Waals surface area contributed by atoms with E-state index in [1.54, 1.807) is 0 Å². The molecule has 2 aliphatic rings. The second-order valence-electron chi connectivity index (χ2n) is 7.74. The van der Waals surface area contributed by atoms with Crippen LogP contribution in [0, 0.1) is 0 Å². The Labute approximate surface area is 139 Å². The summed E-state index contributed by atoms with van der Waals surface area (Å²) in [5, 5.41) is 3.66. The molecular weight excluding hydrogens is 288 g/mol. The molecule has 0 radical (unpaired) electrons. The molecule has 2 fully saturated rings. The predicted octanol–water partition coefficient (Wildman–Crippen LogP) is 3.71. The third-order valence-electron chi connectivity index (χ3n) is 4.84. The van der Waals surface area contributed by atoms with Crippen molar-refractivity contribution < 1.29 is 9.53 Å². The monoisotopic (exact) mass is 316 g/mol. The maximum absolute atomic E-state index is 12.6. The fourth-order valence-corrected chi connectivity index (χ4v) is 3.84. The van der Waals surface area contributed by atoms with E-state index in [0.717, 1.165) is 32.2 Å². The Kier molecular flexibility index (Phi) is 4.62. The van der Waals surface area contributed by atoms with Gasteiger partial charge in [0.25, 0.3) is 0 Å². The van der Waals surface area contributed by atoms with Crippen molar-refractivity contribution in [2.24, 2.45) is 0 Å². The highest BCUT2D eigenvalue weighted by Crippen LogP contribution is 2.37. The van der Waals surface area contributed by atoms with E-state index in [0.29, 0.717) is 12.1 Å². The van der Waals surface area contributed by atoms with Gasteiger partial charge < -0.3 is 15.0 Å². The van der Waals surface area contributed by atoms with Gasteiger partial charge in [0.15, 0.2) is 0 Å². The number of fused-ring (bicyclic) bond motifs is 2. The molecule has 1 aromatic carbocycles. The fourth-order valence-electron chi connectivity index (χ4n) is 3.84. The van der Waals surface area contributed by atoms with E-state index in [-0.39, 0.29) is 12.1 Å². The predicted molar refractivity (Wildman–Crippen MR) is 91.2 cm³/mol. The van der Waals surface area contributed by atoms with Crippen LogP contribution in [-0.2, 0) is 11.3 Å². The molecule has 0 aliphatic carbocycles. The number of hydrogen-bond donors (Lipinski definition) is 1. The third-order valence-corrected chi connectivity index (χ3v) is 4.84. The maximum atomic E-state index is 12.6. The number of nitrogens with zero attached hydrogens (tertiary/aromatic N) is 1. The molecule has 1 N–H and O–H groups in total. The molecule has 4 heteroatoms. The number of piperidine rings is 1. The molecule has 0 saturated carbocycles. The van der Waals surface area contributed by atoms with Crippen molar-refractivity contribution in [3.05, 3.63) is 35.9 Å². The van der Waals surface area contributed by atoms with E-state index >= 15 is 0 Å². The van der Waals surface area contributed by atoms with Crippen LogP contribution in [0.1, 0.15) is 52.0 Å². The number of nitrogens with one attached hydrogen (secondary N) is 1. The van der Waals surface area contributed by atoms with Crippen LogP contribution < -0.4 is 5.32 Å². The minimum Gasteiger partial charge on any atom is -0.444 e. The zero-order valence-electron chi connectivity index (χ0n) is 14.4. The van der Waals surface area contributed by atoms with E-state index in [9.17, 15) is 4.79 Å². The summed E-state index contributed by atoms with van der Waals surface area (Å²) in [5.41, 5.74) is 0.859. The fraction of sp³-hybridized carbons (Fsp3) is 0.632. The highest BCUT2D eigenvalue weighted by molar-refractivity contribution is 5.69. The molecule has 3 rings (SSSR count). The number of ether oxygens (including phenoxy) is 1. The van der Waals surface area contributed by atoms with Gasteiger partial charge in [0.1, 0.15) is 5.60 Å². The van der Waals surface area contributed by atoms with E-state index in [4.69, 9.17) is 4.74 Å². The summed E-state index contributed by atoms with van der Waals surface area (Å²) in [7, 11) is 0. The van der Waals surface area contributed by atoms with Crippen molar-refractivity contribution in [3.63, 3.8) is 0 Å².